The van der Waals surface area contributed by atoms with Gasteiger partial charge in [-0.15, -0.1) is 0 Å². The molecule has 0 aromatic carbocycles. The van der Waals surface area contributed by atoms with Crippen LogP contribution in [0.2, 0.25) is 0 Å². The summed E-state index contributed by atoms with van der Waals surface area (Å²) in [5.74, 6) is 0. The Kier molecular flexibility index (Phi) is 8.51. The monoisotopic (exact) mass is 172 g/mol. The normalized spacial score (nSPS) is 13.9. The van der Waals surface area contributed by atoms with Crippen molar-refractivity contribution < 1.29 is 9.47 Å². The first-order valence-corrected chi connectivity index (χ1v) is 4.62. The molecule has 0 saturated heterocycles. The molecule has 0 aliphatic carbocycles. The second-order valence-corrected chi connectivity index (χ2v) is 2.69. The Balaban J connectivity index is 3.32. The molecule has 0 saturated carbocycles. The zero-order chi connectivity index (χ0) is 9.23. The molecule has 0 fully saturated rings. The van der Waals surface area contributed by atoms with E-state index in [9.17, 15) is 0 Å². The molecular formula is C10H20O2. The van der Waals surface area contributed by atoms with Gasteiger partial charge in [0.1, 0.15) is 0 Å². The van der Waals surface area contributed by atoms with Crippen LogP contribution in [0, 0.1) is 0 Å². The Morgan fingerprint density at radius 3 is 2.58 bits per heavy atom. The summed E-state index contributed by atoms with van der Waals surface area (Å²) in [4.78, 5) is 0. The molecule has 0 radical (unpaired) electrons. The van der Waals surface area contributed by atoms with Crippen molar-refractivity contribution in [1.82, 2.24) is 0 Å². The summed E-state index contributed by atoms with van der Waals surface area (Å²) >= 11 is 0. The van der Waals surface area contributed by atoms with Gasteiger partial charge < -0.3 is 9.47 Å². The summed E-state index contributed by atoms with van der Waals surface area (Å²) in [6, 6.07) is 0. The van der Waals surface area contributed by atoms with Crippen LogP contribution < -0.4 is 0 Å². The quantitative estimate of drug-likeness (QED) is 0.433. The average molecular weight is 172 g/mol. The Labute approximate surface area is 75.6 Å². The number of rotatable bonds is 7. The lowest BCUT2D eigenvalue weighted by atomic mass is 10.2. The summed E-state index contributed by atoms with van der Waals surface area (Å²) in [6.07, 6.45) is 6.41. The van der Waals surface area contributed by atoms with Crippen molar-refractivity contribution in [1.29, 1.82) is 0 Å². The third kappa shape index (κ3) is 6.38. The Morgan fingerprint density at radius 2 is 2.08 bits per heavy atom. The van der Waals surface area contributed by atoms with Gasteiger partial charge in [-0.1, -0.05) is 26.0 Å². The maximum Gasteiger partial charge on any atom is 0.0750 e. The van der Waals surface area contributed by atoms with Gasteiger partial charge in [-0.25, -0.2) is 0 Å². The van der Waals surface area contributed by atoms with Crippen LogP contribution in [0.4, 0.5) is 0 Å². The van der Waals surface area contributed by atoms with Crippen LogP contribution in [0.25, 0.3) is 0 Å². The highest BCUT2D eigenvalue weighted by atomic mass is 16.5. The van der Waals surface area contributed by atoms with Gasteiger partial charge in [0.05, 0.1) is 12.7 Å². The minimum Gasteiger partial charge on any atom is -0.377 e. The third-order valence-electron chi connectivity index (χ3n) is 1.62. The average Bonchev–Trinajstić information content (AvgIpc) is 2.11. The van der Waals surface area contributed by atoms with E-state index in [4.69, 9.17) is 9.47 Å². The SMILES string of the molecule is CCCOC/C=C/C(CC)OC. The molecular weight excluding hydrogens is 152 g/mol. The van der Waals surface area contributed by atoms with E-state index in [-0.39, 0.29) is 6.10 Å². The standard InChI is InChI=1S/C10H20O2/c1-4-8-12-9-6-7-10(5-2)11-3/h6-7,10H,4-5,8-9H2,1-3H3/b7-6+. The van der Waals surface area contributed by atoms with Crippen LogP contribution in [0.5, 0.6) is 0 Å². The first-order chi connectivity index (χ1) is 5.85. The minimum atomic E-state index is 0.246. The van der Waals surface area contributed by atoms with E-state index in [0.717, 1.165) is 19.4 Å². The Bertz CT molecular complexity index is 106. The maximum atomic E-state index is 5.28. The highest BCUT2D eigenvalue weighted by Crippen LogP contribution is 1.97. The zero-order valence-electron chi connectivity index (χ0n) is 8.38. The lowest BCUT2D eigenvalue weighted by Crippen LogP contribution is -2.04. The van der Waals surface area contributed by atoms with Crippen molar-refractivity contribution in [3.63, 3.8) is 0 Å². The highest BCUT2D eigenvalue weighted by Gasteiger charge is 1.95. The van der Waals surface area contributed by atoms with Crippen LogP contribution >= 0.6 is 0 Å². The van der Waals surface area contributed by atoms with Gasteiger partial charge >= 0.3 is 0 Å². The van der Waals surface area contributed by atoms with E-state index in [1.807, 2.05) is 6.08 Å². The number of hydrogen-bond donors (Lipinski definition) is 0. The fourth-order valence-electron chi connectivity index (χ4n) is 0.884. The number of methoxy groups -OCH3 is 1. The molecule has 0 N–H and O–H groups in total. The number of hydrogen-bond acceptors (Lipinski definition) is 2. The smallest absolute Gasteiger partial charge is 0.0750 e. The van der Waals surface area contributed by atoms with E-state index in [1.165, 1.54) is 0 Å². The molecule has 0 rings (SSSR count). The molecule has 0 aromatic rings. The first kappa shape index (κ1) is 11.7. The van der Waals surface area contributed by atoms with Gasteiger partial charge in [0.2, 0.25) is 0 Å². The Hall–Kier alpha value is -0.340. The molecule has 12 heavy (non-hydrogen) atoms. The van der Waals surface area contributed by atoms with Crippen LogP contribution in [0.1, 0.15) is 26.7 Å². The molecule has 2 heteroatoms. The predicted molar refractivity (Wildman–Crippen MR) is 51.3 cm³/mol. The van der Waals surface area contributed by atoms with Crippen molar-refractivity contribution in [3.8, 4) is 0 Å². The predicted octanol–water partition coefficient (Wildman–Crippen LogP) is 2.39. The summed E-state index contributed by atoms with van der Waals surface area (Å²) in [6.45, 7) is 5.75. The van der Waals surface area contributed by atoms with Crippen molar-refractivity contribution >= 4 is 0 Å². The van der Waals surface area contributed by atoms with Gasteiger partial charge in [-0.2, -0.15) is 0 Å². The van der Waals surface area contributed by atoms with E-state index in [1.54, 1.807) is 7.11 Å². The Morgan fingerprint density at radius 1 is 1.33 bits per heavy atom. The summed E-state index contributed by atoms with van der Waals surface area (Å²) in [7, 11) is 1.73. The molecule has 0 aliphatic heterocycles. The van der Waals surface area contributed by atoms with Crippen LogP contribution in [0.15, 0.2) is 12.2 Å². The van der Waals surface area contributed by atoms with Gasteiger partial charge in [0.25, 0.3) is 0 Å². The molecule has 1 atom stereocenters. The van der Waals surface area contributed by atoms with Crippen molar-refractivity contribution in [2.24, 2.45) is 0 Å². The topological polar surface area (TPSA) is 18.5 Å². The van der Waals surface area contributed by atoms with Gasteiger partial charge in [-0.05, 0) is 12.8 Å². The van der Waals surface area contributed by atoms with E-state index < -0.39 is 0 Å². The lowest BCUT2D eigenvalue weighted by Gasteiger charge is -2.06. The van der Waals surface area contributed by atoms with Crippen molar-refractivity contribution in [2.75, 3.05) is 20.3 Å². The van der Waals surface area contributed by atoms with Crippen LogP contribution in [0.3, 0.4) is 0 Å². The van der Waals surface area contributed by atoms with Crippen LogP contribution in [-0.2, 0) is 9.47 Å². The fourth-order valence-corrected chi connectivity index (χ4v) is 0.884. The van der Waals surface area contributed by atoms with E-state index in [0.29, 0.717) is 6.61 Å². The second kappa shape index (κ2) is 8.75. The molecule has 2 nitrogen and oxygen atoms in total. The lowest BCUT2D eigenvalue weighted by molar-refractivity contribution is 0.134. The molecule has 0 aliphatic rings. The van der Waals surface area contributed by atoms with E-state index >= 15 is 0 Å². The minimum absolute atomic E-state index is 0.246. The fraction of sp³-hybridized carbons (Fsp3) is 0.800. The molecule has 72 valence electrons. The van der Waals surface area contributed by atoms with Gasteiger partial charge in [0.15, 0.2) is 0 Å². The summed E-state index contributed by atoms with van der Waals surface area (Å²) < 4.78 is 10.4. The van der Waals surface area contributed by atoms with Crippen molar-refractivity contribution in [3.05, 3.63) is 12.2 Å². The molecule has 0 heterocycles. The summed E-state index contributed by atoms with van der Waals surface area (Å²) in [5.41, 5.74) is 0. The van der Waals surface area contributed by atoms with E-state index in [2.05, 4.69) is 19.9 Å². The summed E-state index contributed by atoms with van der Waals surface area (Å²) in [5, 5.41) is 0. The third-order valence-corrected chi connectivity index (χ3v) is 1.62. The zero-order valence-corrected chi connectivity index (χ0v) is 8.38. The molecule has 1 unspecified atom stereocenters. The molecule has 0 bridgehead atoms. The molecule has 0 aromatic heterocycles. The second-order valence-electron chi connectivity index (χ2n) is 2.69. The largest absolute Gasteiger partial charge is 0.377 e. The maximum absolute atomic E-state index is 5.28. The van der Waals surface area contributed by atoms with Crippen LogP contribution in [-0.4, -0.2) is 26.4 Å². The van der Waals surface area contributed by atoms with Gasteiger partial charge in [0, 0.05) is 13.7 Å². The van der Waals surface area contributed by atoms with Crippen molar-refractivity contribution in [2.45, 2.75) is 32.8 Å². The first-order valence-electron chi connectivity index (χ1n) is 4.62. The molecule has 0 amide bonds. The number of ether oxygens (including phenoxy) is 2. The molecule has 0 spiro atoms. The highest BCUT2D eigenvalue weighted by molar-refractivity contribution is 4.88. The van der Waals surface area contributed by atoms with Gasteiger partial charge in [-0.3, -0.25) is 0 Å².